The zero-order valence-electron chi connectivity index (χ0n) is 11.8. The van der Waals surface area contributed by atoms with Crippen molar-refractivity contribution >= 4 is 33.4 Å². The second-order valence-electron chi connectivity index (χ2n) is 4.53. The summed E-state index contributed by atoms with van der Waals surface area (Å²) in [5.41, 5.74) is -1.96. The van der Waals surface area contributed by atoms with E-state index in [1.165, 1.54) is 7.05 Å². The normalized spacial score (nSPS) is 12.2. The summed E-state index contributed by atoms with van der Waals surface area (Å²) in [4.78, 5) is 7.08. The van der Waals surface area contributed by atoms with Gasteiger partial charge in [0.2, 0.25) is 5.95 Å². The van der Waals surface area contributed by atoms with Crippen LogP contribution in [0.1, 0.15) is 11.3 Å². The van der Waals surface area contributed by atoms with Gasteiger partial charge in [-0.3, -0.25) is 0 Å². The van der Waals surface area contributed by atoms with E-state index in [2.05, 4.69) is 36.5 Å². The van der Waals surface area contributed by atoms with Gasteiger partial charge in [0.1, 0.15) is 5.82 Å². The summed E-state index contributed by atoms with van der Waals surface area (Å²) in [6.07, 6.45) is -9.22. The van der Waals surface area contributed by atoms with Crippen LogP contribution >= 0.6 is 15.9 Å². The standard InChI is InChI=1S/C13H9BrF6N4/c1-21-11-23-9(13(18,19)20)5-10(24-11)22-8-3-2-6(4-7(8)14)12(15,16)17/h2-5H,1H3,(H2,21,22,23,24). The number of nitrogens with zero attached hydrogens (tertiary/aromatic N) is 2. The molecule has 2 aromatic rings. The number of rotatable bonds is 3. The Labute approximate surface area is 140 Å². The molecule has 2 N–H and O–H groups in total. The first-order valence-electron chi connectivity index (χ1n) is 6.28. The molecule has 0 atom stereocenters. The highest BCUT2D eigenvalue weighted by Crippen LogP contribution is 2.35. The Kier molecular flexibility index (Phi) is 4.92. The molecule has 4 nitrogen and oxygen atoms in total. The number of nitrogens with one attached hydrogen (secondary N) is 2. The number of hydrogen-bond acceptors (Lipinski definition) is 4. The summed E-state index contributed by atoms with van der Waals surface area (Å²) in [6, 6.07) is 3.36. The summed E-state index contributed by atoms with van der Waals surface area (Å²) in [7, 11) is 1.34. The van der Waals surface area contributed by atoms with Crippen LogP contribution in [0.15, 0.2) is 28.7 Å². The first kappa shape index (κ1) is 18.3. The van der Waals surface area contributed by atoms with Crippen LogP contribution in [0.4, 0.5) is 43.8 Å². The molecule has 0 amide bonds. The van der Waals surface area contributed by atoms with E-state index < -0.39 is 23.6 Å². The molecule has 0 unspecified atom stereocenters. The number of aromatic nitrogens is 2. The van der Waals surface area contributed by atoms with Crippen LogP contribution in [0, 0.1) is 0 Å². The van der Waals surface area contributed by atoms with Gasteiger partial charge in [0.25, 0.3) is 0 Å². The van der Waals surface area contributed by atoms with Gasteiger partial charge in [-0.15, -0.1) is 0 Å². The maximum absolute atomic E-state index is 12.8. The predicted octanol–water partition coefficient (Wildman–Crippen LogP) is 5.06. The Morgan fingerprint density at radius 2 is 1.62 bits per heavy atom. The van der Waals surface area contributed by atoms with Crippen molar-refractivity contribution < 1.29 is 26.3 Å². The van der Waals surface area contributed by atoms with Crippen LogP contribution in [0.25, 0.3) is 0 Å². The van der Waals surface area contributed by atoms with Gasteiger partial charge in [0.05, 0.1) is 11.3 Å². The molecule has 1 aromatic heterocycles. The third-order valence-corrected chi connectivity index (χ3v) is 3.46. The zero-order valence-corrected chi connectivity index (χ0v) is 13.4. The van der Waals surface area contributed by atoms with Crippen molar-refractivity contribution in [2.75, 3.05) is 17.7 Å². The van der Waals surface area contributed by atoms with Crippen LogP contribution in [0.2, 0.25) is 0 Å². The van der Waals surface area contributed by atoms with Crippen molar-refractivity contribution in [3.8, 4) is 0 Å². The van der Waals surface area contributed by atoms with Gasteiger partial charge in [-0.05, 0) is 34.1 Å². The highest BCUT2D eigenvalue weighted by molar-refractivity contribution is 9.10. The molecular formula is C13H9BrF6N4. The Hall–Kier alpha value is -2.04. The number of alkyl halides is 6. The lowest BCUT2D eigenvalue weighted by Crippen LogP contribution is -2.12. The largest absolute Gasteiger partial charge is 0.433 e. The summed E-state index contributed by atoms with van der Waals surface area (Å²) in [5, 5.41) is 4.92. The highest BCUT2D eigenvalue weighted by Gasteiger charge is 2.34. The molecule has 0 saturated carbocycles. The van der Waals surface area contributed by atoms with Crippen LogP contribution in [0.5, 0.6) is 0 Å². The van der Waals surface area contributed by atoms with E-state index in [9.17, 15) is 26.3 Å². The molecule has 0 aliphatic rings. The van der Waals surface area contributed by atoms with Crippen LogP contribution < -0.4 is 10.6 Å². The minimum atomic E-state index is -4.69. The van der Waals surface area contributed by atoms with Gasteiger partial charge in [-0.1, -0.05) is 0 Å². The SMILES string of the molecule is CNc1nc(Nc2ccc(C(F)(F)F)cc2Br)cc(C(F)(F)F)n1. The first-order chi connectivity index (χ1) is 11.0. The van der Waals surface area contributed by atoms with E-state index >= 15 is 0 Å². The fourth-order valence-corrected chi connectivity index (χ4v) is 2.18. The molecule has 1 heterocycles. The second kappa shape index (κ2) is 6.46. The molecule has 0 aliphatic carbocycles. The van der Waals surface area contributed by atoms with Gasteiger partial charge in [-0.2, -0.15) is 31.3 Å². The van der Waals surface area contributed by atoms with Gasteiger partial charge in [0.15, 0.2) is 5.69 Å². The summed E-state index contributed by atoms with van der Waals surface area (Å²) >= 11 is 2.95. The average molecular weight is 415 g/mol. The molecule has 0 aliphatic heterocycles. The van der Waals surface area contributed by atoms with Gasteiger partial charge < -0.3 is 10.6 Å². The van der Waals surface area contributed by atoms with Crippen molar-refractivity contribution in [1.82, 2.24) is 9.97 Å². The molecule has 24 heavy (non-hydrogen) atoms. The van der Waals surface area contributed by atoms with Crippen molar-refractivity contribution in [3.05, 3.63) is 40.0 Å². The maximum atomic E-state index is 12.8. The Morgan fingerprint density at radius 3 is 2.12 bits per heavy atom. The lowest BCUT2D eigenvalue weighted by molar-refractivity contribution is -0.141. The summed E-state index contributed by atoms with van der Waals surface area (Å²) in [5.74, 6) is -0.502. The Morgan fingerprint density at radius 1 is 0.958 bits per heavy atom. The molecular weight excluding hydrogens is 406 g/mol. The number of anilines is 3. The Bertz CT molecular complexity index is 744. The first-order valence-corrected chi connectivity index (χ1v) is 7.08. The monoisotopic (exact) mass is 414 g/mol. The summed E-state index contributed by atoms with van der Waals surface area (Å²) < 4.78 is 76.3. The van der Waals surface area contributed by atoms with E-state index in [0.717, 1.165) is 18.2 Å². The number of hydrogen-bond donors (Lipinski definition) is 2. The second-order valence-corrected chi connectivity index (χ2v) is 5.38. The van der Waals surface area contributed by atoms with E-state index in [0.29, 0.717) is 6.07 Å². The Balaban J connectivity index is 2.38. The smallest absolute Gasteiger partial charge is 0.357 e. The third kappa shape index (κ3) is 4.28. The molecule has 1 aromatic carbocycles. The van der Waals surface area contributed by atoms with E-state index in [1.807, 2.05) is 0 Å². The van der Waals surface area contributed by atoms with Crippen molar-refractivity contribution in [3.63, 3.8) is 0 Å². The van der Waals surface area contributed by atoms with Gasteiger partial charge in [0, 0.05) is 17.6 Å². The molecule has 11 heteroatoms. The van der Waals surface area contributed by atoms with Crippen molar-refractivity contribution in [2.45, 2.75) is 12.4 Å². The molecule has 0 spiro atoms. The van der Waals surface area contributed by atoms with Crippen molar-refractivity contribution in [2.24, 2.45) is 0 Å². The van der Waals surface area contributed by atoms with Crippen molar-refractivity contribution in [1.29, 1.82) is 0 Å². The lowest BCUT2D eigenvalue weighted by atomic mass is 10.2. The van der Waals surface area contributed by atoms with E-state index in [-0.39, 0.29) is 21.9 Å². The zero-order chi connectivity index (χ0) is 18.1. The molecule has 0 radical (unpaired) electrons. The summed E-state index contributed by atoms with van der Waals surface area (Å²) in [6.45, 7) is 0. The van der Waals surface area contributed by atoms with Crippen LogP contribution in [0.3, 0.4) is 0 Å². The van der Waals surface area contributed by atoms with Crippen LogP contribution in [-0.4, -0.2) is 17.0 Å². The quantitative estimate of drug-likeness (QED) is 0.689. The van der Waals surface area contributed by atoms with E-state index in [4.69, 9.17) is 0 Å². The fourth-order valence-electron chi connectivity index (χ4n) is 1.70. The number of halogens is 7. The predicted molar refractivity (Wildman–Crippen MR) is 79.0 cm³/mol. The number of benzene rings is 1. The van der Waals surface area contributed by atoms with Crippen LogP contribution in [-0.2, 0) is 12.4 Å². The maximum Gasteiger partial charge on any atom is 0.433 e. The minimum absolute atomic E-state index is 0.0236. The topological polar surface area (TPSA) is 49.8 Å². The van der Waals surface area contributed by atoms with Gasteiger partial charge >= 0.3 is 12.4 Å². The molecule has 2 rings (SSSR count). The lowest BCUT2D eigenvalue weighted by Gasteiger charge is -2.14. The molecule has 0 saturated heterocycles. The molecule has 0 fully saturated rings. The average Bonchev–Trinajstić information content (AvgIpc) is 2.47. The molecule has 0 bridgehead atoms. The highest BCUT2D eigenvalue weighted by atomic mass is 79.9. The van der Waals surface area contributed by atoms with Gasteiger partial charge in [-0.25, -0.2) is 4.98 Å². The molecule has 130 valence electrons. The fraction of sp³-hybridized carbons (Fsp3) is 0.231. The van der Waals surface area contributed by atoms with E-state index in [1.54, 1.807) is 0 Å². The third-order valence-electron chi connectivity index (χ3n) is 2.80. The minimum Gasteiger partial charge on any atom is -0.357 e.